The van der Waals surface area contributed by atoms with Crippen LogP contribution in [0.25, 0.3) is 0 Å². The zero-order valence-corrected chi connectivity index (χ0v) is 12.1. The second-order valence-corrected chi connectivity index (χ2v) is 6.28. The quantitative estimate of drug-likeness (QED) is 0.740. The van der Waals surface area contributed by atoms with Crippen LogP contribution in [-0.2, 0) is 4.79 Å². The zero-order chi connectivity index (χ0) is 13.8. The van der Waals surface area contributed by atoms with Crippen molar-refractivity contribution in [3.63, 3.8) is 0 Å². The molecule has 2 aliphatic rings. The normalized spacial score (nSPS) is 29.3. The van der Waals surface area contributed by atoms with Gasteiger partial charge in [-0.15, -0.1) is 0 Å². The van der Waals surface area contributed by atoms with Crippen molar-refractivity contribution in [2.24, 2.45) is 0 Å². The molecule has 2 rings (SSSR count). The average molecular weight is 269 g/mol. The van der Waals surface area contributed by atoms with Gasteiger partial charge >= 0.3 is 0 Å². The van der Waals surface area contributed by atoms with Gasteiger partial charge in [0.15, 0.2) is 0 Å². The summed E-state index contributed by atoms with van der Waals surface area (Å²) in [6.07, 6.45) is 5.19. The van der Waals surface area contributed by atoms with Crippen LogP contribution in [0.4, 0.5) is 0 Å². The van der Waals surface area contributed by atoms with Crippen molar-refractivity contribution >= 4 is 5.91 Å². The number of carbonyl (C=O) groups is 1. The number of hydrogen-bond donors (Lipinski definition) is 2. The van der Waals surface area contributed by atoms with Gasteiger partial charge in [-0.3, -0.25) is 9.69 Å². The van der Waals surface area contributed by atoms with Crippen LogP contribution in [0.5, 0.6) is 0 Å². The number of aliphatic hydroxyl groups is 1. The average Bonchev–Trinajstić information content (AvgIpc) is 2.89. The summed E-state index contributed by atoms with van der Waals surface area (Å²) in [5.41, 5.74) is 0. The largest absolute Gasteiger partial charge is 0.392 e. The second-order valence-electron chi connectivity index (χ2n) is 6.28. The fourth-order valence-electron chi connectivity index (χ4n) is 3.29. The molecule has 2 fully saturated rings. The highest BCUT2D eigenvalue weighted by atomic mass is 16.3. The molecular formula is C14H27N3O2. The topological polar surface area (TPSA) is 55.8 Å². The lowest BCUT2D eigenvalue weighted by molar-refractivity contribution is -0.123. The number of hydrogen-bond acceptors (Lipinski definition) is 4. The van der Waals surface area contributed by atoms with E-state index in [1.54, 1.807) is 0 Å². The summed E-state index contributed by atoms with van der Waals surface area (Å²) in [6, 6.07) is 0.673. The molecule has 5 nitrogen and oxygen atoms in total. The summed E-state index contributed by atoms with van der Waals surface area (Å²) >= 11 is 0. The van der Waals surface area contributed by atoms with Crippen LogP contribution >= 0.6 is 0 Å². The summed E-state index contributed by atoms with van der Waals surface area (Å²) in [5, 5.41) is 12.9. The predicted molar refractivity (Wildman–Crippen MR) is 74.9 cm³/mol. The van der Waals surface area contributed by atoms with Gasteiger partial charge in [0.05, 0.1) is 12.6 Å². The van der Waals surface area contributed by atoms with E-state index in [4.69, 9.17) is 0 Å². The van der Waals surface area contributed by atoms with Crippen molar-refractivity contribution < 1.29 is 9.90 Å². The van der Waals surface area contributed by atoms with Crippen LogP contribution in [0.15, 0.2) is 0 Å². The molecule has 0 spiro atoms. The van der Waals surface area contributed by atoms with Crippen LogP contribution in [0.3, 0.4) is 0 Å². The number of amides is 1. The number of likely N-dealkylation sites (tertiary alicyclic amines) is 1. The molecule has 0 aromatic heterocycles. The first kappa shape index (κ1) is 14.8. The number of nitrogens with zero attached hydrogens (tertiary/aromatic N) is 2. The SMILES string of the molecule is CN(C)CC1CC(O)CN1CC(=O)NC1CCCC1. The first-order valence-electron chi connectivity index (χ1n) is 7.41. The highest BCUT2D eigenvalue weighted by Gasteiger charge is 2.32. The van der Waals surface area contributed by atoms with Gasteiger partial charge < -0.3 is 15.3 Å². The van der Waals surface area contributed by atoms with Gasteiger partial charge in [0, 0.05) is 25.2 Å². The molecule has 2 unspecified atom stereocenters. The van der Waals surface area contributed by atoms with Crippen molar-refractivity contribution in [2.45, 2.75) is 50.3 Å². The van der Waals surface area contributed by atoms with Gasteiger partial charge in [-0.2, -0.15) is 0 Å². The summed E-state index contributed by atoms with van der Waals surface area (Å²) in [5.74, 6) is 0.116. The molecule has 1 aliphatic carbocycles. The Labute approximate surface area is 115 Å². The maximum Gasteiger partial charge on any atom is 0.234 e. The number of nitrogens with one attached hydrogen (secondary N) is 1. The standard InChI is InChI=1S/C14H27N3O2/c1-16(2)8-12-7-13(18)9-17(12)10-14(19)15-11-5-3-4-6-11/h11-13,18H,3-10H2,1-2H3,(H,15,19). The van der Waals surface area contributed by atoms with Crippen LogP contribution in [0.2, 0.25) is 0 Å². The van der Waals surface area contributed by atoms with E-state index in [-0.39, 0.29) is 12.0 Å². The van der Waals surface area contributed by atoms with Crippen LogP contribution in [-0.4, -0.2) is 72.7 Å². The zero-order valence-electron chi connectivity index (χ0n) is 12.1. The van der Waals surface area contributed by atoms with Crippen LogP contribution < -0.4 is 5.32 Å². The molecule has 1 saturated carbocycles. The van der Waals surface area contributed by atoms with Crippen molar-refractivity contribution in [1.82, 2.24) is 15.1 Å². The molecule has 1 amide bonds. The van der Waals surface area contributed by atoms with E-state index in [1.165, 1.54) is 12.8 Å². The van der Waals surface area contributed by atoms with Gasteiger partial charge in [0.1, 0.15) is 0 Å². The number of rotatable bonds is 5. The molecule has 110 valence electrons. The number of β-amino-alcohol motifs (C(OH)–C–C–N with tert-alkyl or cyclic N) is 1. The first-order chi connectivity index (χ1) is 9.04. The summed E-state index contributed by atoms with van der Waals surface area (Å²) in [4.78, 5) is 16.3. The molecule has 19 heavy (non-hydrogen) atoms. The molecule has 0 bridgehead atoms. The fraction of sp³-hybridized carbons (Fsp3) is 0.929. The Morgan fingerprint density at radius 1 is 1.37 bits per heavy atom. The van der Waals surface area contributed by atoms with Crippen LogP contribution in [0, 0.1) is 0 Å². The molecule has 1 saturated heterocycles. The van der Waals surface area contributed by atoms with E-state index >= 15 is 0 Å². The lowest BCUT2D eigenvalue weighted by atomic mass is 10.2. The van der Waals surface area contributed by atoms with Gasteiger partial charge in [-0.1, -0.05) is 12.8 Å². The Kier molecular flexibility index (Phi) is 5.19. The molecule has 1 heterocycles. The second kappa shape index (κ2) is 6.68. The lowest BCUT2D eigenvalue weighted by Crippen LogP contribution is -2.45. The maximum absolute atomic E-state index is 12.0. The number of aliphatic hydroxyl groups excluding tert-OH is 1. The molecule has 0 aromatic rings. The first-order valence-corrected chi connectivity index (χ1v) is 7.41. The van der Waals surface area contributed by atoms with E-state index in [1.807, 2.05) is 14.1 Å². The number of likely N-dealkylation sites (N-methyl/N-ethyl adjacent to an activating group) is 1. The van der Waals surface area contributed by atoms with Gasteiger partial charge in [-0.25, -0.2) is 0 Å². The van der Waals surface area contributed by atoms with E-state index in [9.17, 15) is 9.90 Å². The molecule has 2 atom stereocenters. The Bertz CT molecular complexity index is 303. The van der Waals surface area contributed by atoms with Crippen LogP contribution in [0.1, 0.15) is 32.1 Å². The van der Waals surface area contributed by atoms with Gasteiger partial charge in [0.2, 0.25) is 5.91 Å². The Balaban J connectivity index is 1.80. The third kappa shape index (κ3) is 4.44. The smallest absolute Gasteiger partial charge is 0.234 e. The maximum atomic E-state index is 12.0. The highest BCUT2D eigenvalue weighted by molar-refractivity contribution is 5.78. The van der Waals surface area contributed by atoms with Gasteiger partial charge in [0.25, 0.3) is 0 Å². The minimum atomic E-state index is -0.288. The van der Waals surface area contributed by atoms with Crippen molar-refractivity contribution in [1.29, 1.82) is 0 Å². The molecule has 0 aromatic carbocycles. The lowest BCUT2D eigenvalue weighted by Gasteiger charge is -2.26. The third-order valence-corrected chi connectivity index (χ3v) is 4.15. The molecule has 1 aliphatic heterocycles. The minimum Gasteiger partial charge on any atom is -0.392 e. The van der Waals surface area contributed by atoms with E-state index in [2.05, 4.69) is 15.1 Å². The monoisotopic (exact) mass is 269 g/mol. The van der Waals surface area contributed by atoms with E-state index in [0.29, 0.717) is 25.2 Å². The Morgan fingerprint density at radius 2 is 2.05 bits per heavy atom. The molecular weight excluding hydrogens is 242 g/mol. The number of carbonyl (C=O) groups excluding carboxylic acids is 1. The van der Waals surface area contributed by atoms with Crippen molar-refractivity contribution in [2.75, 3.05) is 33.7 Å². The Morgan fingerprint density at radius 3 is 2.68 bits per heavy atom. The predicted octanol–water partition coefficient (Wildman–Crippen LogP) is 0.0420. The minimum absolute atomic E-state index is 0.116. The van der Waals surface area contributed by atoms with E-state index < -0.39 is 0 Å². The molecule has 2 N–H and O–H groups in total. The molecule has 0 radical (unpaired) electrons. The highest BCUT2D eigenvalue weighted by Crippen LogP contribution is 2.19. The van der Waals surface area contributed by atoms with Crippen molar-refractivity contribution in [3.8, 4) is 0 Å². The summed E-state index contributed by atoms with van der Waals surface area (Å²) < 4.78 is 0. The van der Waals surface area contributed by atoms with Crippen molar-refractivity contribution in [3.05, 3.63) is 0 Å². The fourth-order valence-corrected chi connectivity index (χ4v) is 3.29. The molecule has 5 heteroatoms. The summed E-state index contributed by atoms with van der Waals surface area (Å²) in [6.45, 7) is 1.94. The Hall–Kier alpha value is -0.650. The van der Waals surface area contributed by atoms with E-state index in [0.717, 1.165) is 25.8 Å². The van der Waals surface area contributed by atoms with Gasteiger partial charge in [-0.05, 0) is 33.4 Å². The summed E-state index contributed by atoms with van der Waals surface area (Å²) in [7, 11) is 4.06. The third-order valence-electron chi connectivity index (χ3n) is 4.15.